The van der Waals surface area contributed by atoms with Gasteiger partial charge in [0.2, 0.25) is 0 Å². The van der Waals surface area contributed by atoms with Gasteiger partial charge < -0.3 is 4.57 Å². The standard InChI is InChI=1S/C45H56N2O2S.CH4.H2/c1-8-11-12-14-18-35(17-9-2)42(49)29-47-32(6)40(27-30(4)41(48)10-3)43(36-19-15-13-16-20-36)44(47)39-26-22-34-21-23-37(24-25-38(34)28-39)45-31(5)46-33(7)50-45;;/h8,10,22-28,35-36H,1,3,9,11-21,29H2,2,4-7H3;1H4;1H/b30-27+;;. The third-order valence-electron chi connectivity index (χ3n) is 10.7. The van der Waals surface area contributed by atoms with Crippen molar-refractivity contribution >= 4 is 40.6 Å². The lowest BCUT2D eigenvalue weighted by atomic mass is 9.80. The summed E-state index contributed by atoms with van der Waals surface area (Å²) in [5.74, 6) is 0.668. The number of carbonyl (C=O) groups excluding carboxylic acids is 2. The smallest absolute Gasteiger partial charge is 0.180 e. The van der Waals surface area contributed by atoms with Crippen molar-refractivity contribution in [1.29, 1.82) is 0 Å². The van der Waals surface area contributed by atoms with E-state index in [1.54, 1.807) is 11.3 Å². The molecule has 0 saturated heterocycles. The number of hydrogen-bond donors (Lipinski definition) is 0. The monoisotopic (exact) mass is 706 g/mol. The van der Waals surface area contributed by atoms with Crippen molar-refractivity contribution in [3.8, 4) is 11.3 Å². The summed E-state index contributed by atoms with van der Waals surface area (Å²) in [6.07, 6.45) is 24.9. The fourth-order valence-electron chi connectivity index (χ4n) is 8.02. The largest absolute Gasteiger partial charge is 0.337 e. The molecule has 4 nitrogen and oxygen atoms in total. The Morgan fingerprint density at radius 1 is 1.08 bits per heavy atom. The predicted octanol–water partition coefficient (Wildman–Crippen LogP) is 13.0. The molecule has 5 rings (SSSR count). The topological polar surface area (TPSA) is 52.0 Å². The van der Waals surface area contributed by atoms with Gasteiger partial charge in [0.1, 0.15) is 0 Å². The molecule has 51 heavy (non-hydrogen) atoms. The Bertz CT molecular complexity index is 1830. The van der Waals surface area contributed by atoms with Crippen LogP contribution in [0.15, 0.2) is 61.2 Å². The van der Waals surface area contributed by atoms with Gasteiger partial charge in [-0.15, -0.1) is 17.9 Å². The highest BCUT2D eigenvalue weighted by molar-refractivity contribution is 7.12. The molecule has 274 valence electrons. The Labute approximate surface area is 313 Å². The Kier molecular flexibility index (Phi) is 14.6. The third-order valence-corrected chi connectivity index (χ3v) is 11.9. The second kappa shape index (κ2) is 18.6. The van der Waals surface area contributed by atoms with E-state index in [-0.39, 0.29) is 20.6 Å². The van der Waals surface area contributed by atoms with Gasteiger partial charge in [-0.3, -0.25) is 9.59 Å². The first-order valence-electron chi connectivity index (χ1n) is 18.8. The van der Waals surface area contributed by atoms with Crippen molar-refractivity contribution in [3.63, 3.8) is 0 Å². The van der Waals surface area contributed by atoms with Crippen LogP contribution in [0, 0.1) is 26.7 Å². The summed E-state index contributed by atoms with van der Waals surface area (Å²) in [6, 6.07) is 6.88. The number of ketones is 2. The van der Waals surface area contributed by atoms with Crippen LogP contribution in [-0.2, 0) is 22.6 Å². The van der Waals surface area contributed by atoms with Crippen LogP contribution in [-0.4, -0.2) is 21.1 Å². The highest BCUT2D eigenvalue weighted by atomic mass is 32.1. The molecule has 1 atom stereocenters. The first kappa shape index (κ1) is 39.9. The van der Waals surface area contributed by atoms with Gasteiger partial charge >= 0.3 is 0 Å². The van der Waals surface area contributed by atoms with Crippen molar-refractivity contribution < 1.29 is 11.0 Å². The maximum Gasteiger partial charge on any atom is 0.180 e. The number of rotatable bonds is 16. The van der Waals surface area contributed by atoms with Crippen LogP contribution in [0.1, 0.15) is 143 Å². The number of allylic oxidation sites excluding steroid dienone is 6. The van der Waals surface area contributed by atoms with Gasteiger partial charge in [0.25, 0.3) is 0 Å². The number of carbonyl (C=O) groups is 2. The summed E-state index contributed by atoms with van der Waals surface area (Å²) in [7, 11) is 0. The second-order valence-electron chi connectivity index (χ2n) is 14.4. The van der Waals surface area contributed by atoms with E-state index < -0.39 is 0 Å². The zero-order chi connectivity index (χ0) is 35.8. The van der Waals surface area contributed by atoms with Gasteiger partial charge in [-0.1, -0.05) is 89.5 Å². The number of nitrogens with zero attached hydrogens (tertiary/aromatic N) is 2. The van der Waals surface area contributed by atoms with Crippen molar-refractivity contribution in [2.45, 2.75) is 132 Å². The summed E-state index contributed by atoms with van der Waals surface area (Å²) in [4.78, 5) is 33.1. The minimum Gasteiger partial charge on any atom is -0.337 e. The van der Waals surface area contributed by atoms with Crippen molar-refractivity contribution in [1.82, 2.24) is 9.55 Å². The first-order chi connectivity index (χ1) is 24.2. The van der Waals surface area contributed by atoms with E-state index in [1.807, 2.05) is 13.0 Å². The molecular formula is C46H62N2O2S. The summed E-state index contributed by atoms with van der Waals surface area (Å²) in [5, 5.41) is 1.09. The Balaban J connectivity index is 0.00000364. The molecule has 0 N–H and O–H groups in total. The number of Topliss-reactive ketones (excluding diaryl/α,β-unsaturated/α-hetero) is 1. The molecule has 5 heteroatoms. The van der Waals surface area contributed by atoms with Crippen LogP contribution in [0.5, 0.6) is 0 Å². The lowest BCUT2D eigenvalue weighted by Gasteiger charge is -2.25. The Hall–Kier alpha value is -3.83. The normalized spacial score (nSPS) is 15.4. The van der Waals surface area contributed by atoms with Crippen LogP contribution in [0.2, 0.25) is 0 Å². The van der Waals surface area contributed by atoms with Crippen LogP contribution in [0.3, 0.4) is 0 Å². The molecule has 1 aromatic carbocycles. The average molecular weight is 707 g/mol. The number of benzene rings is 1. The van der Waals surface area contributed by atoms with E-state index in [0.29, 0.717) is 23.8 Å². The van der Waals surface area contributed by atoms with E-state index in [0.717, 1.165) is 91.0 Å². The molecular weight excluding hydrogens is 645 g/mol. The molecule has 0 amide bonds. The summed E-state index contributed by atoms with van der Waals surface area (Å²) in [6.45, 7) is 18.4. The van der Waals surface area contributed by atoms with Crippen molar-refractivity contribution in [3.05, 3.63) is 105 Å². The number of aryl methyl sites for hydroxylation is 2. The molecule has 1 unspecified atom stereocenters. The first-order valence-corrected chi connectivity index (χ1v) is 19.7. The lowest BCUT2D eigenvalue weighted by Crippen LogP contribution is -2.22. The number of fused-ring (bicyclic) bond motifs is 1. The van der Waals surface area contributed by atoms with E-state index in [1.165, 1.54) is 52.5 Å². The van der Waals surface area contributed by atoms with Crippen LogP contribution >= 0.6 is 11.3 Å². The molecule has 1 saturated carbocycles. The highest BCUT2D eigenvalue weighted by Crippen LogP contribution is 2.45. The third kappa shape index (κ3) is 9.35. The SMILES string of the molecule is C.C=CCCCCC(CCC)C(=O)Cn1c(C)c(/C=C(\C)C(=O)C=C)c(C2CCCCC2)c1-c1ccc2c(c1)C=CC(c1sc(C)nc1C)=CC2.[HH]. The molecule has 0 radical (unpaired) electrons. The van der Waals surface area contributed by atoms with E-state index >= 15 is 0 Å². The van der Waals surface area contributed by atoms with Gasteiger partial charge in [0, 0.05) is 13.0 Å². The van der Waals surface area contributed by atoms with Crippen LogP contribution < -0.4 is 0 Å². The average Bonchev–Trinajstić information content (AvgIpc) is 3.49. The summed E-state index contributed by atoms with van der Waals surface area (Å²) >= 11 is 1.75. The molecule has 2 aliphatic carbocycles. The minimum absolute atomic E-state index is 0. The van der Waals surface area contributed by atoms with Crippen LogP contribution in [0.25, 0.3) is 29.0 Å². The Morgan fingerprint density at radius 3 is 2.51 bits per heavy atom. The quantitative estimate of drug-likeness (QED) is 0.0846. The maximum absolute atomic E-state index is 14.3. The minimum atomic E-state index is -0.0586. The summed E-state index contributed by atoms with van der Waals surface area (Å²) < 4.78 is 2.31. The molecule has 0 spiro atoms. The van der Waals surface area contributed by atoms with Crippen molar-refractivity contribution in [2.75, 3.05) is 0 Å². The highest BCUT2D eigenvalue weighted by Gasteiger charge is 2.30. The van der Waals surface area contributed by atoms with E-state index in [2.05, 4.69) is 92.9 Å². The number of aromatic nitrogens is 2. The zero-order valence-electron chi connectivity index (χ0n) is 31.1. The Morgan fingerprint density at radius 2 is 1.84 bits per heavy atom. The molecule has 0 bridgehead atoms. The molecule has 0 aliphatic heterocycles. The van der Waals surface area contributed by atoms with Gasteiger partial charge in [-0.2, -0.15) is 0 Å². The van der Waals surface area contributed by atoms with Gasteiger partial charge in [0.05, 0.1) is 27.8 Å². The molecule has 1 fully saturated rings. The van der Waals surface area contributed by atoms with Gasteiger partial charge in [0.15, 0.2) is 11.6 Å². The predicted molar refractivity (Wildman–Crippen MR) is 223 cm³/mol. The van der Waals surface area contributed by atoms with Crippen molar-refractivity contribution in [2.24, 2.45) is 5.92 Å². The van der Waals surface area contributed by atoms with E-state index in [9.17, 15) is 9.59 Å². The summed E-state index contributed by atoms with van der Waals surface area (Å²) in [5.41, 5.74) is 11.3. The number of thiazole rings is 1. The fourth-order valence-corrected chi connectivity index (χ4v) is 8.96. The molecule has 2 heterocycles. The van der Waals surface area contributed by atoms with E-state index in [4.69, 9.17) is 0 Å². The zero-order valence-corrected chi connectivity index (χ0v) is 31.9. The van der Waals surface area contributed by atoms with Crippen LogP contribution in [0.4, 0.5) is 0 Å². The lowest BCUT2D eigenvalue weighted by molar-refractivity contribution is -0.124. The second-order valence-corrected chi connectivity index (χ2v) is 15.6. The molecule has 3 aromatic rings. The van der Waals surface area contributed by atoms with Gasteiger partial charge in [-0.25, -0.2) is 4.98 Å². The number of unbranched alkanes of at least 4 members (excludes halogenated alkanes) is 2. The maximum atomic E-state index is 14.3. The fraction of sp³-hybridized carbons (Fsp3) is 0.457. The van der Waals surface area contributed by atoms with Gasteiger partial charge in [-0.05, 0) is 136 Å². The number of hydrogen-bond acceptors (Lipinski definition) is 4. The molecule has 2 aromatic heterocycles. The molecule has 2 aliphatic rings.